The van der Waals surface area contributed by atoms with Crippen molar-refractivity contribution >= 4 is 10.0 Å². The summed E-state index contributed by atoms with van der Waals surface area (Å²) in [6.45, 7) is 18.4. The minimum atomic E-state index is -3.24. The van der Waals surface area contributed by atoms with Gasteiger partial charge >= 0.3 is 0 Å². The SMILES string of the molecule is CC(N1CCN(C)CC1CN(C(C)(C)C)S(C)(=O)=O)C(C)(C)C. The van der Waals surface area contributed by atoms with E-state index in [1.165, 1.54) is 6.26 Å². The maximum Gasteiger partial charge on any atom is 0.211 e. The molecule has 1 saturated heterocycles. The first-order chi connectivity index (χ1) is 10.1. The van der Waals surface area contributed by atoms with Crippen molar-refractivity contribution in [1.82, 2.24) is 14.1 Å². The molecule has 0 aromatic carbocycles. The predicted molar refractivity (Wildman–Crippen MR) is 98.2 cm³/mol. The fourth-order valence-electron chi connectivity index (χ4n) is 3.29. The normalized spacial score (nSPS) is 24.2. The lowest BCUT2D eigenvalue weighted by molar-refractivity contribution is 0.00311. The van der Waals surface area contributed by atoms with E-state index in [9.17, 15) is 8.42 Å². The summed E-state index contributed by atoms with van der Waals surface area (Å²) < 4.78 is 26.3. The largest absolute Gasteiger partial charge is 0.303 e. The molecule has 0 radical (unpaired) electrons. The number of likely N-dealkylation sites (N-methyl/N-ethyl adjacent to an activating group) is 1. The Kier molecular flexibility index (Phi) is 6.34. The molecule has 1 aliphatic heterocycles. The molecule has 0 spiro atoms. The Morgan fingerprint density at radius 3 is 2.04 bits per heavy atom. The van der Waals surface area contributed by atoms with Crippen LogP contribution in [0.3, 0.4) is 0 Å². The van der Waals surface area contributed by atoms with Gasteiger partial charge in [-0.05, 0) is 40.2 Å². The Morgan fingerprint density at radius 1 is 1.13 bits per heavy atom. The lowest BCUT2D eigenvalue weighted by atomic mass is 9.85. The van der Waals surface area contributed by atoms with E-state index < -0.39 is 15.6 Å². The van der Waals surface area contributed by atoms with E-state index >= 15 is 0 Å². The fraction of sp³-hybridized carbons (Fsp3) is 1.00. The van der Waals surface area contributed by atoms with Crippen LogP contribution in [0.15, 0.2) is 0 Å². The quantitative estimate of drug-likeness (QED) is 0.781. The molecule has 138 valence electrons. The van der Waals surface area contributed by atoms with Gasteiger partial charge in [0, 0.05) is 43.8 Å². The van der Waals surface area contributed by atoms with Gasteiger partial charge in [-0.2, -0.15) is 4.31 Å². The van der Waals surface area contributed by atoms with Gasteiger partial charge in [0.25, 0.3) is 0 Å². The highest BCUT2D eigenvalue weighted by Crippen LogP contribution is 2.28. The average molecular weight is 348 g/mol. The Morgan fingerprint density at radius 2 is 1.65 bits per heavy atom. The van der Waals surface area contributed by atoms with Crippen molar-refractivity contribution in [3.8, 4) is 0 Å². The topological polar surface area (TPSA) is 43.9 Å². The molecule has 0 saturated carbocycles. The second-order valence-corrected chi connectivity index (χ2v) is 11.1. The molecule has 5 nitrogen and oxygen atoms in total. The standard InChI is InChI=1S/C17H37N3O2S/c1-14(16(2,3)4)19-11-10-18(8)12-15(19)13-20(17(5,6)7)23(9,21)22/h14-15H,10-13H2,1-9H3. The maximum atomic E-state index is 12.3. The van der Waals surface area contributed by atoms with Gasteiger partial charge in [-0.3, -0.25) is 4.90 Å². The van der Waals surface area contributed by atoms with Crippen LogP contribution in [-0.4, -0.2) is 79.6 Å². The molecule has 1 rings (SSSR count). The van der Waals surface area contributed by atoms with Gasteiger partial charge in [-0.15, -0.1) is 0 Å². The first kappa shape index (κ1) is 20.9. The van der Waals surface area contributed by atoms with Crippen LogP contribution >= 0.6 is 0 Å². The summed E-state index contributed by atoms with van der Waals surface area (Å²) in [5.74, 6) is 0. The van der Waals surface area contributed by atoms with Crippen LogP contribution in [0.4, 0.5) is 0 Å². The summed E-state index contributed by atoms with van der Waals surface area (Å²) in [5.41, 5.74) is -0.230. The molecular formula is C17H37N3O2S. The zero-order chi connectivity index (χ0) is 18.2. The number of hydrogen-bond donors (Lipinski definition) is 0. The maximum absolute atomic E-state index is 12.3. The number of piperazine rings is 1. The van der Waals surface area contributed by atoms with Crippen LogP contribution in [0, 0.1) is 5.41 Å². The summed E-state index contributed by atoms with van der Waals surface area (Å²) in [6, 6.07) is 0.625. The molecule has 0 N–H and O–H groups in total. The molecule has 23 heavy (non-hydrogen) atoms. The first-order valence-electron chi connectivity index (χ1n) is 8.56. The molecule has 1 aliphatic rings. The van der Waals surface area contributed by atoms with E-state index in [0.717, 1.165) is 19.6 Å². The van der Waals surface area contributed by atoms with Crippen LogP contribution in [0.1, 0.15) is 48.5 Å². The number of rotatable bonds is 4. The Bertz CT molecular complexity index is 491. The average Bonchev–Trinajstić information content (AvgIpc) is 2.31. The smallest absolute Gasteiger partial charge is 0.211 e. The van der Waals surface area contributed by atoms with Crippen LogP contribution < -0.4 is 0 Å². The van der Waals surface area contributed by atoms with E-state index in [2.05, 4.69) is 44.5 Å². The first-order valence-corrected chi connectivity index (χ1v) is 10.4. The third-order valence-electron chi connectivity index (χ3n) is 5.01. The van der Waals surface area contributed by atoms with Crippen molar-refractivity contribution in [1.29, 1.82) is 0 Å². The highest BCUT2D eigenvalue weighted by Gasteiger charge is 2.39. The van der Waals surface area contributed by atoms with Gasteiger partial charge in [0.15, 0.2) is 0 Å². The summed E-state index contributed by atoms with van der Waals surface area (Å²) in [4.78, 5) is 4.81. The van der Waals surface area contributed by atoms with E-state index in [4.69, 9.17) is 0 Å². The van der Waals surface area contributed by atoms with Crippen LogP contribution in [0.2, 0.25) is 0 Å². The Hall–Kier alpha value is -0.170. The molecule has 0 aromatic rings. The monoisotopic (exact) mass is 347 g/mol. The van der Waals surface area contributed by atoms with Crippen molar-refractivity contribution < 1.29 is 8.42 Å². The highest BCUT2D eigenvalue weighted by atomic mass is 32.2. The van der Waals surface area contributed by atoms with Gasteiger partial charge in [0.05, 0.1) is 6.26 Å². The van der Waals surface area contributed by atoms with E-state index in [1.807, 2.05) is 20.8 Å². The Labute approximate surface area is 144 Å². The zero-order valence-corrected chi connectivity index (χ0v) is 17.4. The van der Waals surface area contributed by atoms with Crippen LogP contribution in [0.25, 0.3) is 0 Å². The molecule has 0 aliphatic carbocycles. The minimum Gasteiger partial charge on any atom is -0.303 e. The molecule has 1 fully saturated rings. The lowest BCUT2D eigenvalue weighted by Crippen LogP contribution is -2.62. The molecule has 2 atom stereocenters. The molecule has 1 heterocycles. The third kappa shape index (κ3) is 5.69. The summed E-state index contributed by atoms with van der Waals surface area (Å²) in [5, 5.41) is 0. The molecule has 0 aromatic heterocycles. The predicted octanol–water partition coefficient (Wildman–Crippen LogP) is 2.10. The molecule has 6 heteroatoms. The lowest BCUT2D eigenvalue weighted by Gasteiger charge is -2.49. The van der Waals surface area contributed by atoms with Crippen molar-refractivity contribution in [2.75, 3.05) is 39.5 Å². The van der Waals surface area contributed by atoms with E-state index in [-0.39, 0.29) is 11.5 Å². The van der Waals surface area contributed by atoms with Crippen molar-refractivity contribution in [3.05, 3.63) is 0 Å². The van der Waals surface area contributed by atoms with Gasteiger partial charge in [0.2, 0.25) is 10.0 Å². The summed E-state index contributed by atoms with van der Waals surface area (Å²) >= 11 is 0. The number of nitrogens with zero attached hydrogens (tertiary/aromatic N) is 3. The van der Waals surface area contributed by atoms with Crippen molar-refractivity contribution in [2.24, 2.45) is 5.41 Å². The zero-order valence-electron chi connectivity index (χ0n) is 16.5. The second kappa shape index (κ2) is 6.98. The molecular weight excluding hydrogens is 310 g/mol. The fourth-order valence-corrected chi connectivity index (χ4v) is 4.73. The van der Waals surface area contributed by atoms with Crippen molar-refractivity contribution in [2.45, 2.75) is 66.1 Å². The Balaban J connectivity index is 3.07. The molecule has 0 amide bonds. The van der Waals surface area contributed by atoms with Gasteiger partial charge in [-0.25, -0.2) is 8.42 Å². The summed E-state index contributed by atoms with van der Waals surface area (Å²) in [6.07, 6.45) is 1.32. The minimum absolute atomic E-state index is 0.172. The van der Waals surface area contributed by atoms with Crippen LogP contribution in [-0.2, 0) is 10.0 Å². The molecule has 0 bridgehead atoms. The second-order valence-electron chi connectivity index (χ2n) is 9.16. The van der Waals surface area contributed by atoms with Crippen molar-refractivity contribution in [3.63, 3.8) is 0 Å². The van der Waals surface area contributed by atoms with E-state index in [1.54, 1.807) is 4.31 Å². The van der Waals surface area contributed by atoms with Crippen LogP contribution in [0.5, 0.6) is 0 Å². The third-order valence-corrected chi connectivity index (χ3v) is 6.50. The van der Waals surface area contributed by atoms with Gasteiger partial charge in [-0.1, -0.05) is 20.8 Å². The molecule has 2 unspecified atom stereocenters. The van der Waals surface area contributed by atoms with Gasteiger partial charge < -0.3 is 4.90 Å². The number of sulfonamides is 1. The van der Waals surface area contributed by atoms with Gasteiger partial charge in [0.1, 0.15) is 0 Å². The number of hydrogen-bond acceptors (Lipinski definition) is 4. The summed E-state index contributed by atoms with van der Waals surface area (Å²) in [7, 11) is -1.12. The van der Waals surface area contributed by atoms with E-state index in [0.29, 0.717) is 12.6 Å². The highest BCUT2D eigenvalue weighted by molar-refractivity contribution is 7.88.